The number of urea groups is 1. The van der Waals surface area contributed by atoms with Crippen molar-refractivity contribution in [2.24, 2.45) is 0 Å². The van der Waals surface area contributed by atoms with Crippen molar-refractivity contribution in [3.63, 3.8) is 0 Å². The Morgan fingerprint density at radius 3 is 2.42 bits per heavy atom. The largest absolute Gasteiger partial charge is 0.495 e. The minimum absolute atomic E-state index is 0.174. The van der Waals surface area contributed by atoms with E-state index < -0.39 is 24.4 Å². The quantitative estimate of drug-likeness (QED) is 0.727. The van der Waals surface area contributed by atoms with Crippen LogP contribution in [0.1, 0.15) is 5.56 Å². The molecule has 9 heteroatoms. The van der Waals surface area contributed by atoms with Gasteiger partial charge in [0.25, 0.3) is 0 Å². The van der Waals surface area contributed by atoms with Crippen molar-refractivity contribution >= 4 is 23.3 Å². The summed E-state index contributed by atoms with van der Waals surface area (Å²) in [4.78, 5) is 12.0. The summed E-state index contributed by atoms with van der Waals surface area (Å²) in [6.45, 7) is -1.07. The molecule has 0 aliphatic heterocycles. The Morgan fingerprint density at radius 2 is 1.85 bits per heavy atom. The average Bonchev–Trinajstić information content (AvgIpc) is 2.59. The van der Waals surface area contributed by atoms with E-state index in [4.69, 9.17) is 16.3 Å². The maximum absolute atomic E-state index is 13.4. The van der Waals surface area contributed by atoms with Crippen LogP contribution in [0.4, 0.5) is 23.7 Å². The number of halogens is 4. The topological polar surface area (TPSA) is 70.6 Å². The maximum atomic E-state index is 13.4. The fraction of sp³-hybridized carbons (Fsp3) is 0.235. The zero-order valence-electron chi connectivity index (χ0n) is 13.6. The van der Waals surface area contributed by atoms with Crippen molar-refractivity contribution < 1.29 is 27.8 Å². The molecule has 0 aromatic heterocycles. The number of rotatable bonds is 5. The van der Waals surface area contributed by atoms with Gasteiger partial charge in [-0.3, -0.25) is 0 Å². The number of ether oxygens (including phenoxy) is 1. The average molecular weight is 389 g/mol. The summed E-state index contributed by atoms with van der Waals surface area (Å²) in [6, 6.07) is 9.96. The molecule has 0 bridgehead atoms. The number of methoxy groups -OCH3 is 1. The Balaban J connectivity index is 2.15. The van der Waals surface area contributed by atoms with E-state index in [0.29, 0.717) is 5.02 Å². The van der Waals surface area contributed by atoms with Crippen LogP contribution >= 0.6 is 11.6 Å². The van der Waals surface area contributed by atoms with E-state index in [-0.39, 0.29) is 17.0 Å². The Hall–Kier alpha value is -2.45. The van der Waals surface area contributed by atoms with Gasteiger partial charge in [0, 0.05) is 5.02 Å². The van der Waals surface area contributed by atoms with Crippen molar-refractivity contribution in [1.82, 2.24) is 5.32 Å². The standard InChI is InChI=1S/C17H16ClF3N2O3/c1-26-14-8-7-12(18)9-13(14)23-15(24)22-10-16(25,17(19,20)21)11-5-3-2-4-6-11/h2-9,25H,10H2,1H3,(H2,22,23,24). The zero-order chi connectivity index (χ0) is 19.4. The van der Waals surface area contributed by atoms with Crippen LogP contribution in [0.3, 0.4) is 0 Å². The van der Waals surface area contributed by atoms with Crippen LogP contribution in [0.2, 0.25) is 5.02 Å². The van der Waals surface area contributed by atoms with Gasteiger partial charge in [-0.25, -0.2) is 4.79 Å². The predicted molar refractivity (Wildman–Crippen MR) is 91.4 cm³/mol. The number of benzene rings is 2. The lowest BCUT2D eigenvalue weighted by Gasteiger charge is -2.31. The minimum atomic E-state index is -4.99. The van der Waals surface area contributed by atoms with E-state index >= 15 is 0 Å². The highest BCUT2D eigenvalue weighted by Crippen LogP contribution is 2.38. The van der Waals surface area contributed by atoms with Gasteiger partial charge in [-0.1, -0.05) is 41.9 Å². The first-order valence-electron chi connectivity index (χ1n) is 7.40. The zero-order valence-corrected chi connectivity index (χ0v) is 14.4. The second-order valence-electron chi connectivity index (χ2n) is 5.38. The Bertz CT molecular complexity index is 772. The van der Waals surface area contributed by atoms with Gasteiger partial charge < -0.3 is 20.5 Å². The Labute approximate surface area is 152 Å². The fourth-order valence-corrected chi connectivity index (χ4v) is 2.40. The first kappa shape index (κ1) is 19.9. The Kier molecular flexibility index (Phi) is 5.99. The monoisotopic (exact) mass is 388 g/mol. The van der Waals surface area contributed by atoms with Crippen molar-refractivity contribution in [2.75, 3.05) is 19.0 Å². The summed E-state index contributed by atoms with van der Waals surface area (Å²) in [5.41, 5.74) is -3.44. The lowest BCUT2D eigenvalue weighted by atomic mass is 9.93. The number of anilines is 1. The van der Waals surface area contributed by atoms with Gasteiger partial charge in [-0.2, -0.15) is 13.2 Å². The van der Waals surface area contributed by atoms with Gasteiger partial charge in [-0.15, -0.1) is 0 Å². The molecule has 2 amide bonds. The molecule has 2 rings (SSSR count). The number of amides is 2. The first-order valence-corrected chi connectivity index (χ1v) is 7.78. The third-order valence-electron chi connectivity index (χ3n) is 3.63. The van der Waals surface area contributed by atoms with Crippen LogP contribution < -0.4 is 15.4 Å². The summed E-state index contributed by atoms with van der Waals surface area (Å²) in [5, 5.41) is 14.8. The first-order chi connectivity index (χ1) is 12.2. The molecule has 0 saturated carbocycles. The highest BCUT2D eigenvalue weighted by atomic mass is 35.5. The van der Waals surface area contributed by atoms with Gasteiger partial charge in [0.15, 0.2) is 0 Å². The minimum Gasteiger partial charge on any atom is -0.495 e. The molecular weight excluding hydrogens is 373 g/mol. The van der Waals surface area contributed by atoms with Crippen molar-refractivity contribution in [3.8, 4) is 5.75 Å². The molecule has 2 aromatic rings. The van der Waals surface area contributed by atoms with Gasteiger partial charge in [0.2, 0.25) is 5.60 Å². The molecule has 0 aliphatic rings. The summed E-state index contributed by atoms with van der Waals surface area (Å²) in [7, 11) is 1.37. The molecule has 0 saturated heterocycles. The fourth-order valence-electron chi connectivity index (χ4n) is 2.23. The van der Waals surface area contributed by atoms with Crippen LogP contribution in [0.25, 0.3) is 0 Å². The molecule has 140 valence electrons. The number of carbonyl (C=O) groups is 1. The molecular formula is C17H16ClF3N2O3. The van der Waals surface area contributed by atoms with Crippen LogP contribution in [-0.4, -0.2) is 31.0 Å². The van der Waals surface area contributed by atoms with Crippen molar-refractivity contribution in [1.29, 1.82) is 0 Å². The number of alkyl halides is 3. The molecule has 0 aliphatic carbocycles. The van der Waals surface area contributed by atoms with Gasteiger partial charge in [-0.05, 0) is 23.8 Å². The molecule has 3 N–H and O–H groups in total. The summed E-state index contributed by atoms with van der Waals surface area (Å²) >= 11 is 5.83. The van der Waals surface area contributed by atoms with Crippen LogP contribution in [0.5, 0.6) is 5.75 Å². The number of hydrogen-bond donors (Lipinski definition) is 3. The Morgan fingerprint density at radius 1 is 1.19 bits per heavy atom. The molecule has 0 fully saturated rings. The molecule has 0 radical (unpaired) electrons. The summed E-state index contributed by atoms with van der Waals surface area (Å²) < 4.78 is 45.2. The predicted octanol–water partition coefficient (Wildman–Crippen LogP) is 3.92. The molecule has 1 atom stereocenters. The van der Waals surface area contributed by atoms with E-state index in [1.807, 2.05) is 5.32 Å². The smallest absolute Gasteiger partial charge is 0.423 e. The van der Waals surface area contributed by atoms with Gasteiger partial charge in [0.1, 0.15) is 5.75 Å². The van der Waals surface area contributed by atoms with Crippen LogP contribution in [-0.2, 0) is 5.60 Å². The highest BCUT2D eigenvalue weighted by Gasteiger charge is 2.55. The second kappa shape index (κ2) is 7.84. The van der Waals surface area contributed by atoms with Gasteiger partial charge >= 0.3 is 12.2 Å². The SMILES string of the molecule is COc1ccc(Cl)cc1NC(=O)NCC(O)(c1ccccc1)C(F)(F)F. The van der Waals surface area contributed by atoms with Crippen molar-refractivity contribution in [3.05, 3.63) is 59.1 Å². The number of hydrogen-bond acceptors (Lipinski definition) is 3. The van der Waals surface area contributed by atoms with E-state index in [9.17, 15) is 23.1 Å². The normalized spacial score (nSPS) is 13.6. The van der Waals surface area contributed by atoms with E-state index in [0.717, 1.165) is 12.1 Å². The lowest BCUT2D eigenvalue weighted by Crippen LogP contribution is -2.51. The molecule has 0 heterocycles. The summed E-state index contributed by atoms with van der Waals surface area (Å²) in [5.74, 6) is 0.277. The number of carbonyl (C=O) groups excluding carboxylic acids is 1. The van der Waals surface area contributed by atoms with Crippen LogP contribution in [0, 0.1) is 0 Å². The molecule has 0 spiro atoms. The number of nitrogens with one attached hydrogen (secondary N) is 2. The lowest BCUT2D eigenvalue weighted by molar-refractivity contribution is -0.263. The van der Waals surface area contributed by atoms with Crippen molar-refractivity contribution in [2.45, 2.75) is 11.8 Å². The third-order valence-corrected chi connectivity index (χ3v) is 3.87. The summed E-state index contributed by atoms with van der Waals surface area (Å²) in [6.07, 6.45) is -4.99. The maximum Gasteiger partial charge on any atom is 0.423 e. The second-order valence-corrected chi connectivity index (χ2v) is 5.81. The van der Waals surface area contributed by atoms with E-state index in [2.05, 4.69) is 5.32 Å². The van der Waals surface area contributed by atoms with E-state index in [1.54, 1.807) is 0 Å². The third kappa shape index (κ3) is 4.39. The van der Waals surface area contributed by atoms with Crippen LogP contribution in [0.15, 0.2) is 48.5 Å². The number of aliphatic hydroxyl groups is 1. The molecule has 1 unspecified atom stereocenters. The highest BCUT2D eigenvalue weighted by molar-refractivity contribution is 6.31. The molecule has 2 aromatic carbocycles. The molecule has 26 heavy (non-hydrogen) atoms. The van der Waals surface area contributed by atoms with E-state index in [1.165, 1.54) is 43.5 Å². The molecule has 5 nitrogen and oxygen atoms in total. The van der Waals surface area contributed by atoms with Gasteiger partial charge in [0.05, 0.1) is 19.3 Å².